The highest BCUT2D eigenvalue weighted by atomic mass is 16.3. The maximum atomic E-state index is 12.0. The molecule has 6 nitrogen and oxygen atoms in total. The Morgan fingerprint density at radius 3 is 3.00 bits per heavy atom. The van der Waals surface area contributed by atoms with Gasteiger partial charge in [-0.3, -0.25) is 9.59 Å². The lowest BCUT2D eigenvalue weighted by atomic mass is 10.2. The third kappa shape index (κ3) is 3.06. The summed E-state index contributed by atoms with van der Waals surface area (Å²) in [6.07, 6.45) is 1.89. The number of benzene rings is 1. The minimum Gasteiger partial charge on any atom is -0.441 e. The zero-order valence-electron chi connectivity index (χ0n) is 12.1. The summed E-state index contributed by atoms with van der Waals surface area (Å²) in [6.45, 7) is 2.12. The number of carbonyl (C=O) groups is 1. The van der Waals surface area contributed by atoms with Crippen molar-refractivity contribution < 1.29 is 9.21 Å². The van der Waals surface area contributed by atoms with Gasteiger partial charge in [-0.2, -0.15) is 0 Å². The molecule has 0 spiro atoms. The molecule has 6 heteroatoms. The lowest BCUT2D eigenvalue weighted by Crippen LogP contribution is -2.21. The lowest BCUT2D eigenvalue weighted by Gasteiger charge is -2.06. The highest BCUT2D eigenvalue weighted by molar-refractivity contribution is 5.92. The van der Waals surface area contributed by atoms with Crippen molar-refractivity contribution in [2.75, 3.05) is 5.32 Å². The first-order chi connectivity index (χ1) is 10.6. The Bertz CT molecular complexity index is 879. The summed E-state index contributed by atoms with van der Waals surface area (Å²) in [7, 11) is 0. The number of aromatic nitrogens is 2. The average molecular weight is 297 g/mol. The zero-order chi connectivity index (χ0) is 15.5. The lowest BCUT2D eigenvalue weighted by molar-refractivity contribution is -0.116. The maximum Gasteiger partial charge on any atom is 0.250 e. The average Bonchev–Trinajstić information content (AvgIpc) is 2.86. The third-order valence-electron chi connectivity index (χ3n) is 3.26. The van der Waals surface area contributed by atoms with Crippen molar-refractivity contribution in [3.8, 4) is 0 Å². The zero-order valence-corrected chi connectivity index (χ0v) is 12.1. The first-order valence-corrected chi connectivity index (χ1v) is 6.94. The smallest absolute Gasteiger partial charge is 0.250 e. The van der Waals surface area contributed by atoms with Crippen LogP contribution in [0.3, 0.4) is 0 Å². The number of anilines is 1. The van der Waals surface area contributed by atoms with Gasteiger partial charge in [0.05, 0.1) is 0 Å². The summed E-state index contributed by atoms with van der Waals surface area (Å²) in [5.41, 5.74) is 1.92. The number of hydrogen-bond donors (Lipinski definition) is 1. The molecule has 112 valence electrons. The Balaban J connectivity index is 1.65. The molecule has 0 radical (unpaired) electrons. The summed E-state index contributed by atoms with van der Waals surface area (Å²) in [4.78, 5) is 27.7. The van der Waals surface area contributed by atoms with Crippen LogP contribution in [0.4, 0.5) is 5.69 Å². The predicted octanol–water partition coefficient (Wildman–Crippen LogP) is 2.33. The number of pyridine rings is 1. The van der Waals surface area contributed by atoms with E-state index in [0.29, 0.717) is 23.7 Å². The fraction of sp³-hybridized carbons (Fsp3) is 0.188. The van der Waals surface area contributed by atoms with Gasteiger partial charge in [-0.1, -0.05) is 6.07 Å². The second kappa shape index (κ2) is 5.85. The van der Waals surface area contributed by atoms with Crippen LogP contribution in [0.25, 0.3) is 11.1 Å². The van der Waals surface area contributed by atoms with Crippen LogP contribution < -0.4 is 10.9 Å². The second-order valence-electron chi connectivity index (χ2n) is 4.95. The molecular formula is C16H15N3O3. The Labute approximate surface area is 126 Å². The van der Waals surface area contributed by atoms with E-state index < -0.39 is 0 Å². The molecule has 0 saturated heterocycles. The molecule has 0 aliphatic heterocycles. The van der Waals surface area contributed by atoms with Crippen LogP contribution in [0, 0.1) is 6.92 Å². The van der Waals surface area contributed by atoms with Crippen LogP contribution in [0.2, 0.25) is 0 Å². The Kier molecular flexibility index (Phi) is 3.74. The maximum absolute atomic E-state index is 12.0. The summed E-state index contributed by atoms with van der Waals surface area (Å²) >= 11 is 0. The van der Waals surface area contributed by atoms with Gasteiger partial charge in [0, 0.05) is 43.9 Å². The normalized spacial score (nSPS) is 10.8. The Morgan fingerprint density at radius 1 is 1.32 bits per heavy atom. The SMILES string of the molecule is Cc1nc2ccc(NC(=O)CCn3ccccc3=O)cc2o1. The predicted molar refractivity (Wildman–Crippen MR) is 82.7 cm³/mol. The molecule has 0 aliphatic carbocycles. The van der Waals surface area contributed by atoms with E-state index in [2.05, 4.69) is 10.3 Å². The van der Waals surface area contributed by atoms with Gasteiger partial charge >= 0.3 is 0 Å². The summed E-state index contributed by atoms with van der Waals surface area (Å²) in [6, 6.07) is 10.2. The molecule has 1 aromatic carbocycles. The van der Waals surface area contributed by atoms with E-state index in [1.807, 2.05) is 0 Å². The molecule has 1 amide bonds. The van der Waals surface area contributed by atoms with E-state index in [9.17, 15) is 9.59 Å². The molecule has 0 saturated carbocycles. The topological polar surface area (TPSA) is 77.1 Å². The molecule has 3 rings (SSSR count). The van der Waals surface area contributed by atoms with E-state index in [-0.39, 0.29) is 17.9 Å². The van der Waals surface area contributed by atoms with Gasteiger partial charge in [0.2, 0.25) is 5.91 Å². The van der Waals surface area contributed by atoms with E-state index in [1.54, 1.807) is 43.5 Å². The van der Waals surface area contributed by atoms with Crippen LogP contribution in [0.15, 0.2) is 51.8 Å². The van der Waals surface area contributed by atoms with Crippen molar-refractivity contribution in [1.29, 1.82) is 0 Å². The number of hydrogen-bond acceptors (Lipinski definition) is 4. The Morgan fingerprint density at radius 2 is 2.18 bits per heavy atom. The molecule has 0 fully saturated rings. The van der Waals surface area contributed by atoms with Crippen molar-refractivity contribution >= 4 is 22.7 Å². The minimum atomic E-state index is -0.161. The number of rotatable bonds is 4. The molecule has 0 unspecified atom stereocenters. The number of oxazole rings is 1. The number of fused-ring (bicyclic) bond motifs is 1. The standard InChI is InChI=1S/C16H15N3O3/c1-11-17-13-6-5-12(10-14(13)22-11)18-15(20)7-9-19-8-3-2-4-16(19)21/h2-6,8,10H,7,9H2,1H3,(H,18,20). The fourth-order valence-corrected chi connectivity index (χ4v) is 2.21. The minimum absolute atomic E-state index is 0.117. The fourth-order valence-electron chi connectivity index (χ4n) is 2.21. The van der Waals surface area contributed by atoms with Gasteiger partial charge in [0.15, 0.2) is 11.5 Å². The number of nitrogens with zero attached hydrogens (tertiary/aromatic N) is 2. The Hall–Kier alpha value is -2.89. The number of nitrogens with one attached hydrogen (secondary N) is 1. The van der Waals surface area contributed by atoms with Gasteiger partial charge in [-0.15, -0.1) is 0 Å². The first kappa shape index (κ1) is 14.1. The van der Waals surface area contributed by atoms with E-state index in [4.69, 9.17) is 4.42 Å². The largest absolute Gasteiger partial charge is 0.441 e. The van der Waals surface area contributed by atoms with Gasteiger partial charge in [-0.05, 0) is 18.2 Å². The van der Waals surface area contributed by atoms with E-state index in [0.717, 1.165) is 5.52 Å². The van der Waals surface area contributed by atoms with Crippen LogP contribution in [-0.4, -0.2) is 15.5 Å². The summed E-state index contributed by atoms with van der Waals surface area (Å²) < 4.78 is 6.93. The van der Waals surface area contributed by atoms with Crippen LogP contribution >= 0.6 is 0 Å². The van der Waals surface area contributed by atoms with Gasteiger partial charge in [0.1, 0.15) is 5.52 Å². The van der Waals surface area contributed by atoms with Crippen LogP contribution in [0.1, 0.15) is 12.3 Å². The van der Waals surface area contributed by atoms with E-state index in [1.165, 1.54) is 10.6 Å². The third-order valence-corrected chi connectivity index (χ3v) is 3.26. The highest BCUT2D eigenvalue weighted by Crippen LogP contribution is 2.19. The molecular weight excluding hydrogens is 282 g/mol. The molecule has 22 heavy (non-hydrogen) atoms. The number of carbonyl (C=O) groups excluding carboxylic acids is 1. The molecule has 2 heterocycles. The van der Waals surface area contributed by atoms with Crippen molar-refractivity contribution in [1.82, 2.24) is 9.55 Å². The van der Waals surface area contributed by atoms with Gasteiger partial charge in [0.25, 0.3) is 5.56 Å². The van der Waals surface area contributed by atoms with Crippen LogP contribution in [-0.2, 0) is 11.3 Å². The second-order valence-corrected chi connectivity index (χ2v) is 4.95. The quantitative estimate of drug-likeness (QED) is 0.801. The molecule has 2 aromatic heterocycles. The molecule has 0 bridgehead atoms. The number of amides is 1. The van der Waals surface area contributed by atoms with E-state index >= 15 is 0 Å². The summed E-state index contributed by atoms with van der Waals surface area (Å²) in [5, 5.41) is 2.79. The monoisotopic (exact) mass is 297 g/mol. The van der Waals surface area contributed by atoms with Crippen molar-refractivity contribution in [2.45, 2.75) is 19.9 Å². The molecule has 3 aromatic rings. The van der Waals surface area contributed by atoms with Crippen molar-refractivity contribution in [3.05, 3.63) is 58.8 Å². The summed E-state index contributed by atoms with van der Waals surface area (Å²) in [5.74, 6) is 0.424. The highest BCUT2D eigenvalue weighted by Gasteiger charge is 2.07. The molecule has 0 atom stereocenters. The van der Waals surface area contributed by atoms with Crippen molar-refractivity contribution in [2.24, 2.45) is 0 Å². The van der Waals surface area contributed by atoms with Crippen molar-refractivity contribution in [3.63, 3.8) is 0 Å². The molecule has 0 aliphatic rings. The van der Waals surface area contributed by atoms with Crippen LogP contribution in [0.5, 0.6) is 0 Å². The first-order valence-electron chi connectivity index (χ1n) is 6.94. The molecule has 1 N–H and O–H groups in total. The number of aryl methyl sites for hydroxylation is 2. The van der Waals surface area contributed by atoms with Gasteiger partial charge in [-0.25, -0.2) is 4.98 Å². The van der Waals surface area contributed by atoms with Gasteiger partial charge < -0.3 is 14.3 Å².